The molecule has 0 unspecified atom stereocenters. The average molecular weight is 1150 g/mol. The molecule has 0 atom stereocenters. The van der Waals surface area contributed by atoms with Crippen LogP contribution in [0.4, 0.5) is 34.1 Å². The number of fused-ring (bicyclic) bond motifs is 4. The highest BCUT2D eigenvalue weighted by Gasteiger charge is 2.29. The molecule has 6 nitrogen and oxygen atoms in total. The molecule has 1 aliphatic heterocycles. The van der Waals surface area contributed by atoms with Crippen LogP contribution in [0.3, 0.4) is 0 Å². The van der Waals surface area contributed by atoms with E-state index in [1.54, 1.807) is 0 Å². The maximum absolute atomic E-state index is 12.5. The lowest BCUT2D eigenvalue weighted by molar-refractivity contribution is 0.111. The molecule has 5 heterocycles. The van der Waals surface area contributed by atoms with E-state index in [2.05, 4.69) is 247 Å². The fourth-order valence-corrected chi connectivity index (χ4v) is 15.7. The van der Waals surface area contributed by atoms with Crippen LogP contribution in [-0.2, 0) is 12.8 Å². The number of aryl methyl sites for hydroxylation is 2. The van der Waals surface area contributed by atoms with Crippen molar-refractivity contribution in [1.82, 2.24) is 4.57 Å². The number of nitrogens with zero attached hydrogens (tertiary/aromatic N) is 3. The Bertz CT molecular complexity index is 3920. The smallest absolute Gasteiger partial charge is 0.183 e. The predicted molar refractivity (Wildman–Crippen MR) is 358 cm³/mol. The fourth-order valence-electron chi connectivity index (χ4n) is 11.9. The van der Waals surface area contributed by atoms with Gasteiger partial charge in [0.25, 0.3) is 0 Å². The van der Waals surface area contributed by atoms with E-state index in [9.17, 15) is 4.79 Å². The van der Waals surface area contributed by atoms with Crippen molar-refractivity contribution in [3.8, 4) is 58.3 Å². The standard InChI is InChI=1S/C75H67N3O3S3/c1-3-5-7-13-23-56-49-68(82-74(56)75-72-71(69(51-79)83-75)80-45-46-81-72)73-57(24-14-8-6-4-2)50-70(84-73)78-66-43-37-54(52-33-39-62(40-34-52)76(58-25-15-9-16-26-58)59-27-17-10-18-28-59)47-64(66)65-48-55(38-44-67(65)78)53-35-41-63(42-36-53)77(60-29-19-11-20-30-60)61-31-21-12-22-32-61/h9-12,15-22,25-44,47-51H,3-8,13-14,23-24,45-46H2,1-2H3. The summed E-state index contributed by atoms with van der Waals surface area (Å²) in [6, 6.07) is 79.6. The Morgan fingerprint density at radius 3 is 1.30 bits per heavy atom. The van der Waals surface area contributed by atoms with Gasteiger partial charge in [-0.15, -0.1) is 34.0 Å². The van der Waals surface area contributed by atoms with E-state index in [0.717, 1.165) is 87.8 Å². The zero-order valence-corrected chi connectivity index (χ0v) is 50.1. The van der Waals surface area contributed by atoms with Gasteiger partial charge in [0.1, 0.15) is 23.1 Å². The first kappa shape index (κ1) is 54.8. The third-order valence-electron chi connectivity index (χ3n) is 16.1. The number of aromatic nitrogens is 1. The van der Waals surface area contributed by atoms with Crippen molar-refractivity contribution in [3.05, 3.63) is 234 Å². The Hall–Kier alpha value is -8.47. The molecule has 9 heteroatoms. The molecule has 4 aromatic heterocycles. The van der Waals surface area contributed by atoms with E-state index in [-0.39, 0.29) is 0 Å². The summed E-state index contributed by atoms with van der Waals surface area (Å²) in [4.78, 5) is 22.5. The van der Waals surface area contributed by atoms with E-state index in [4.69, 9.17) is 9.47 Å². The van der Waals surface area contributed by atoms with Crippen LogP contribution in [0.2, 0.25) is 0 Å². The van der Waals surface area contributed by atoms with Gasteiger partial charge in [-0.2, -0.15) is 0 Å². The van der Waals surface area contributed by atoms with Crippen molar-refractivity contribution in [2.24, 2.45) is 0 Å². The number of hydrogen-bond acceptors (Lipinski definition) is 8. The van der Waals surface area contributed by atoms with Gasteiger partial charge in [0.15, 0.2) is 17.8 Å². The molecule has 0 spiro atoms. The molecule has 0 radical (unpaired) electrons. The summed E-state index contributed by atoms with van der Waals surface area (Å²) in [6.07, 6.45) is 12.3. The summed E-state index contributed by atoms with van der Waals surface area (Å²) in [5.41, 5.74) is 16.4. The van der Waals surface area contributed by atoms with Gasteiger partial charge in [0.2, 0.25) is 0 Å². The van der Waals surface area contributed by atoms with Crippen LogP contribution in [0.25, 0.3) is 68.6 Å². The van der Waals surface area contributed by atoms with Gasteiger partial charge in [-0.3, -0.25) is 4.79 Å². The normalized spacial score (nSPS) is 12.1. The highest BCUT2D eigenvalue weighted by Crippen LogP contribution is 2.54. The molecule has 0 aliphatic carbocycles. The fraction of sp³-hybridized carbons (Fsp3) is 0.187. The zero-order chi connectivity index (χ0) is 56.8. The first-order chi connectivity index (χ1) is 41.5. The van der Waals surface area contributed by atoms with Crippen LogP contribution in [0, 0.1) is 0 Å². The minimum atomic E-state index is 0.445. The molecule has 0 saturated heterocycles. The monoisotopic (exact) mass is 1150 g/mol. The van der Waals surface area contributed by atoms with Gasteiger partial charge >= 0.3 is 0 Å². The molecule has 12 aromatic rings. The van der Waals surface area contributed by atoms with Crippen LogP contribution in [-0.4, -0.2) is 24.1 Å². The van der Waals surface area contributed by atoms with E-state index in [1.807, 2.05) is 22.7 Å². The quantitative estimate of drug-likeness (QED) is 0.0500. The minimum absolute atomic E-state index is 0.445. The Morgan fingerprint density at radius 2 is 0.845 bits per heavy atom. The van der Waals surface area contributed by atoms with E-state index in [0.29, 0.717) is 23.8 Å². The molecular weight excluding hydrogens is 1090 g/mol. The summed E-state index contributed by atoms with van der Waals surface area (Å²) in [5.74, 6) is 1.32. The van der Waals surface area contributed by atoms with Crippen molar-refractivity contribution in [2.45, 2.75) is 78.1 Å². The van der Waals surface area contributed by atoms with Gasteiger partial charge in [-0.05, 0) is 168 Å². The second-order valence-electron chi connectivity index (χ2n) is 21.7. The van der Waals surface area contributed by atoms with Crippen molar-refractivity contribution in [2.75, 3.05) is 23.0 Å². The molecule has 84 heavy (non-hydrogen) atoms. The number of rotatable bonds is 22. The number of carbonyl (C=O) groups excluding carboxylic acids is 1. The SMILES string of the molecule is CCCCCCc1cc(-n2c3ccc(-c4ccc(N(c5ccccc5)c5ccccc5)cc4)cc3c3cc(-c4ccc(N(c5ccccc5)c5ccccc5)cc4)ccc32)sc1-c1cc(CCCCCC)c(-c2sc(C=O)c3c2OCCO3)s1. The molecule has 1 aliphatic rings. The number of carbonyl (C=O) groups is 1. The van der Waals surface area contributed by atoms with Crippen LogP contribution in [0.1, 0.15) is 86.0 Å². The minimum Gasteiger partial charge on any atom is -0.485 e. The summed E-state index contributed by atoms with van der Waals surface area (Å²) in [7, 11) is 0. The lowest BCUT2D eigenvalue weighted by Gasteiger charge is -2.25. The second-order valence-corrected chi connectivity index (χ2v) is 24.8. The van der Waals surface area contributed by atoms with E-state index in [1.165, 1.54) is 114 Å². The number of hydrogen-bond donors (Lipinski definition) is 0. The van der Waals surface area contributed by atoms with Gasteiger partial charge in [-0.1, -0.05) is 162 Å². The zero-order valence-electron chi connectivity index (χ0n) is 47.6. The highest BCUT2D eigenvalue weighted by atomic mass is 32.1. The molecular formula is C75H67N3O3S3. The van der Waals surface area contributed by atoms with Gasteiger partial charge < -0.3 is 23.8 Å². The number of benzene rings is 8. The van der Waals surface area contributed by atoms with Crippen LogP contribution < -0.4 is 19.3 Å². The van der Waals surface area contributed by atoms with Crippen molar-refractivity contribution in [1.29, 1.82) is 0 Å². The molecule has 0 amide bonds. The number of unbranched alkanes of at least 4 members (excludes halogenated alkanes) is 6. The number of para-hydroxylation sites is 4. The average Bonchev–Trinajstić information content (AvgIpc) is 4.52. The van der Waals surface area contributed by atoms with Crippen LogP contribution in [0.5, 0.6) is 11.5 Å². The van der Waals surface area contributed by atoms with Crippen molar-refractivity contribution in [3.63, 3.8) is 0 Å². The molecule has 0 fully saturated rings. The maximum Gasteiger partial charge on any atom is 0.183 e. The molecule has 8 aromatic carbocycles. The molecule has 13 rings (SSSR count). The Kier molecular flexibility index (Phi) is 16.4. The number of aldehydes is 1. The Labute approximate surface area is 505 Å². The topological polar surface area (TPSA) is 46.9 Å². The first-order valence-electron chi connectivity index (χ1n) is 29.8. The largest absolute Gasteiger partial charge is 0.485 e. The number of thiophene rings is 3. The molecule has 0 N–H and O–H groups in total. The molecule has 0 bridgehead atoms. The Balaban J connectivity index is 0.942. The number of ether oxygens (including phenoxy) is 2. The summed E-state index contributed by atoms with van der Waals surface area (Å²) in [5, 5.41) is 3.63. The first-order valence-corrected chi connectivity index (χ1v) is 32.2. The summed E-state index contributed by atoms with van der Waals surface area (Å²) >= 11 is 5.27. The van der Waals surface area contributed by atoms with Crippen molar-refractivity contribution < 1.29 is 14.3 Å². The lowest BCUT2D eigenvalue weighted by Crippen LogP contribution is -2.15. The molecule has 0 saturated carbocycles. The van der Waals surface area contributed by atoms with Crippen LogP contribution in [0.15, 0.2) is 218 Å². The van der Waals surface area contributed by atoms with E-state index < -0.39 is 0 Å². The maximum atomic E-state index is 12.5. The second kappa shape index (κ2) is 25.2. The summed E-state index contributed by atoms with van der Waals surface area (Å²) in [6.45, 7) is 5.48. The third kappa shape index (κ3) is 11.1. The predicted octanol–water partition coefficient (Wildman–Crippen LogP) is 22.4. The van der Waals surface area contributed by atoms with Gasteiger partial charge in [0, 0.05) is 54.7 Å². The number of anilines is 6. The van der Waals surface area contributed by atoms with E-state index >= 15 is 0 Å². The third-order valence-corrected chi connectivity index (χ3v) is 19.9. The van der Waals surface area contributed by atoms with Gasteiger partial charge in [0.05, 0.1) is 20.8 Å². The Morgan fingerprint density at radius 1 is 0.417 bits per heavy atom. The van der Waals surface area contributed by atoms with Crippen molar-refractivity contribution >= 4 is 96.2 Å². The molecule has 418 valence electrons. The lowest BCUT2D eigenvalue weighted by atomic mass is 9.99. The van der Waals surface area contributed by atoms with Crippen LogP contribution >= 0.6 is 34.0 Å². The summed E-state index contributed by atoms with van der Waals surface area (Å²) < 4.78 is 15.0. The van der Waals surface area contributed by atoms with Gasteiger partial charge in [-0.25, -0.2) is 0 Å². The highest BCUT2D eigenvalue weighted by molar-refractivity contribution is 7.27.